The third-order valence-electron chi connectivity index (χ3n) is 1.36. The Labute approximate surface area is 58.1 Å². The Morgan fingerprint density at radius 2 is 2.00 bits per heavy atom. The van der Waals surface area contributed by atoms with Crippen molar-refractivity contribution < 1.29 is 0 Å². The molecule has 0 aliphatic heterocycles. The minimum Gasteiger partial charge on any atom is -0.330 e. The van der Waals surface area contributed by atoms with Gasteiger partial charge in [0.2, 0.25) is 0 Å². The number of halogens is 1. The monoisotopic (exact) mass is 137 g/mol. The minimum atomic E-state index is 0. The highest BCUT2D eigenvalue weighted by molar-refractivity contribution is 5.85. The van der Waals surface area contributed by atoms with Crippen molar-refractivity contribution in [2.45, 2.75) is 26.7 Å². The van der Waals surface area contributed by atoms with Crippen molar-refractivity contribution in [3.05, 3.63) is 0 Å². The van der Waals surface area contributed by atoms with E-state index in [1.165, 1.54) is 12.8 Å². The number of hydrogen-bond donors (Lipinski definition) is 1. The minimum absolute atomic E-state index is 0. The van der Waals surface area contributed by atoms with Crippen molar-refractivity contribution in [1.29, 1.82) is 0 Å². The molecule has 52 valence electrons. The maximum Gasteiger partial charge on any atom is -0.00747 e. The Balaban J connectivity index is 0. The lowest BCUT2D eigenvalue weighted by molar-refractivity contribution is 0.524. The molecule has 0 heterocycles. The van der Waals surface area contributed by atoms with E-state index in [0.717, 1.165) is 12.5 Å². The highest BCUT2D eigenvalue weighted by Crippen LogP contribution is 2.02. The third kappa shape index (κ3) is 6.25. The molecular formula is C6H16ClN. The van der Waals surface area contributed by atoms with Crippen LogP contribution < -0.4 is 5.73 Å². The molecule has 0 bridgehead atoms. The van der Waals surface area contributed by atoms with Gasteiger partial charge in [-0.3, -0.25) is 0 Å². The predicted octanol–water partition coefficient (Wildman–Crippen LogP) is 1.80. The summed E-state index contributed by atoms with van der Waals surface area (Å²) in [7, 11) is 0. The van der Waals surface area contributed by atoms with Crippen LogP contribution in [0.3, 0.4) is 0 Å². The van der Waals surface area contributed by atoms with Crippen LogP contribution in [0.5, 0.6) is 0 Å². The quantitative estimate of drug-likeness (QED) is 0.631. The maximum absolute atomic E-state index is 5.30. The van der Waals surface area contributed by atoms with Gasteiger partial charge in [0.15, 0.2) is 0 Å². The highest BCUT2D eigenvalue weighted by Gasteiger charge is 1.92. The lowest BCUT2D eigenvalue weighted by Crippen LogP contribution is -2.04. The molecule has 2 heteroatoms. The van der Waals surface area contributed by atoms with Crippen molar-refractivity contribution in [3.8, 4) is 0 Å². The maximum atomic E-state index is 5.30. The van der Waals surface area contributed by atoms with Gasteiger partial charge in [-0.25, -0.2) is 0 Å². The predicted molar refractivity (Wildman–Crippen MR) is 40.4 cm³/mol. The molecule has 0 aliphatic rings. The SMILES string of the molecule is CC[C@@H](C)CCN.Cl. The van der Waals surface area contributed by atoms with E-state index < -0.39 is 0 Å². The summed E-state index contributed by atoms with van der Waals surface area (Å²) in [4.78, 5) is 0. The first-order chi connectivity index (χ1) is 3.31. The molecule has 0 aromatic carbocycles. The standard InChI is InChI=1S/C6H15N.ClH/c1-3-6(2)4-5-7;/h6H,3-5,7H2,1-2H3;1H/t6-;/m1./s1. The summed E-state index contributed by atoms with van der Waals surface area (Å²) in [5.41, 5.74) is 5.30. The van der Waals surface area contributed by atoms with Crippen LogP contribution in [0.2, 0.25) is 0 Å². The molecule has 0 aromatic heterocycles. The Kier molecular flexibility index (Phi) is 10.1. The molecule has 0 amide bonds. The first kappa shape index (κ1) is 11.1. The van der Waals surface area contributed by atoms with Gasteiger partial charge in [-0.15, -0.1) is 12.4 Å². The highest BCUT2D eigenvalue weighted by atomic mass is 35.5. The third-order valence-corrected chi connectivity index (χ3v) is 1.36. The van der Waals surface area contributed by atoms with E-state index in [2.05, 4.69) is 13.8 Å². The van der Waals surface area contributed by atoms with E-state index in [1.54, 1.807) is 0 Å². The largest absolute Gasteiger partial charge is 0.330 e. The average molecular weight is 138 g/mol. The fourth-order valence-electron chi connectivity index (χ4n) is 0.489. The molecule has 8 heavy (non-hydrogen) atoms. The van der Waals surface area contributed by atoms with E-state index in [4.69, 9.17) is 5.73 Å². The fraction of sp³-hybridized carbons (Fsp3) is 1.00. The Morgan fingerprint density at radius 1 is 1.50 bits per heavy atom. The summed E-state index contributed by atoms with van der Waals surface area (Å²) >= 11 is 0. The number of hydrogen-bond acceptors (Lipinski definition) is 1. The van der Waals surface area contributed by atoms with Gasteiger partial charge < -0.3 is 5.73 Å². The summed E-state index contributed by atoms with van der Waals surface area (Å²) in [5.74, 6) is 0.824. The van der Waals surface area contributed by atoms with Gasteiger partial charge in [0.25, 0.3) is 0 Å². The lowest BCUT2D eigenvalue weighted by atomic mass is 10.1. The van der Waals surface area contributed by atoms with Crippen LogP contribution in [0.25, 0.3) is 0 Å². The molecule has 1 atom stereocenters. The van der Waals surface area contributed by atoms with Crippen LogP contribution in [0, 0.1) is 5.92 Å². The Bertz CT molecular complexity index is 39.5. The molecule has 0 radical (unpaired) electrons. The van der Waals surface area contributed by atoms with Crippen LogP contribution in [-0.4, -0.2) is 6.54 Å². The lowest BCUT2D eigenvalue weighted by Gasteiger charge is -2.02. The molecule has 1 nitrogen and oxygen atoms in total. The van der Waals surface area contributed by atoms with Crippen LogP contribution in [-0.2, 0) is 0 Å². The van der Waals surface area contributed by atoms with Gasteiger partial charge in [-0.2, -0.15) is 0 Å². The van der Waals surface area contributed by atoms with Crippen molar-refractivity contribution in [2.75, 3.05) is 6.54 Å². The average Bonchev–Trinajstić information content (AvgIpc) is 1.68. The van der Waals surface area contributed by atoms with Crippen LogP contribution >= 0.6 is 12.4 Å². The molecular weight excluding hydrogens is 122 g/mol. The van der Waals surface area contributed by atoms with E-state index in [-0.39, 0.29) is 12.4 Å². The normalized spacial score (nSPS) is 12.4. The zero-order valence-corrected chi connectivity index (χ0v) is 6.50. The second-order valence-electron chi connectivity index (χ2n) is 2.09. The first-order valence-corrected chi connectivity index (χ1v) is 3.01. The second kappa shape index (κ2) is 7.25. The molecule has 0 aliphatic carbocycles. The van der Waals surface area contributed by atoms with Crippen LogP contribution in [0.1, 0.15) is 26.7 Å². The molecule has 2 N–H and O–H groups in total. The van der Waals surface area contributed by atoms with E-state index in [9.17, 15) is 0 Å². The molecule has 0 saturated carbocycles. The van der Waals surface area contributed by atoms with Crippen molar-refractivity contribution in [2.24, 2.45) is 11.7 Å². The first-order valence-electron chi connectivity index (χ1n) is 3.01. The second-order valence-corrected chi connectivity index (χ2v) is 2.09. The summed E-state index contributed by atoms with van der Waals surface area (Å²) < 4.78 is 0. The van der Waals surface area contributed by atoms with Crippen molar-refractivity contribution in [3.63, 3.8) is 0 Å². The van der Waals surface area contributed by atoms with Gasteiger partial charge in [0.05, 0.1) is 0 Å². The Hall–Kier alpha value is 0.250. The van der Waals surface area contributed by atoms with E-state index in [0.29, 0.717) is 0 Å². The molecule has 0 fully saturated rings. The van der Waals surface area contributed by atoms with Gasteiger partial charge in [-0.1, -0.05) is 20.3 Å². The molecule has 0 rings (SSSR count). The number of nitrogens with two attached hydrogens (primary N) is 1. The van der Waals surface area contributed by atoms with Crippen LogP contribution in [0.4, 0.5) is 0 Å². The van der Waals surface area contributed by atoms with Gasteiger partial charge in [0.1, 0.15) is 0 Å². The topological polar surface area (TPSA) is 26.0 Å². The molecule has 0 spiro atoms. The smallest absolute Gasteiger partial charge is 0.00747 e. The summed E-state index contributed by atoms with van der Waals surface area (Å²) in [6.07, 6.45) is 2.44. The molecule has 0 unspecified atom stereocenters. The van der Waals surface area contributed by atoms with Crippen molar-refractivity contribution >= 4 is 12.4 Å². The van der Waals surface area contributed by atoms with Crippen molar-refractivity contribution in [1.82, 2.24) is 0 Å². The summed E-state index contributed by atoms with van der Waals surface area (Å²) in [6.45, 7) is 5.27. The van der Waals surface area contributed by atoms with E-state index in [1.807, 2.05) is 0 Å². The zero-order chi connectivity index (χ0) is 5.70. The Morgan fingerprint density at radius 3 is 2.12 bits per heavy atom. The fourth-order valence-corrected chi connectivity index (χ4v) is 0.489. The van der Waals surface area contributed by atoms with Gasteiger partial charge in [0, 0.05) is 0 Å². The zero-order valence-electron chi connectivity index (χ0n) is 5.68. The van der Waals surface area contributed by atoms with E-state index >= 15 is 0 Å². The van der Waals surface area contributed by atoms with Crippen LogP contribution in [0.15, 0.2) is 0 Å². The van der Waals surface area contributed by atoms with Gasteiger partial charge in [-0.05, 0) is 18.9 Å². The molecule has 0 saturated heterocycles. The summed E-state index contributed by atoms with van der Waals surface area (Å²) in [6, 6.07) is 0. The van der Waals surface area contributed by atoms with Gasteiger partial charge >= 0.3 is 0 Å². The summed E-state index contributed by atoms with van der Waals surface area (Å²) in [5, 5.41) is 0. The molecule has 0 aromatic rings. The number of rotatable bonds is 3.